The van der Waals surface area contributed by atoms with Crippen molar-refractivity contribution >= 4 is 16.3 Å². The zero-order valence-corrected chi connectivity index (χ0v) is 9.69. The third-order valence-corrected chi connectivity index (χ3v) is 3.16. The van der Waals surface area contributed by atoms with Gasteiger partial charge in [-0.3, -0.25) is 4.40 Å². The van der Waals surface area contributed by atoms with Gasteiger partial charge in [0.25, 0.3) is 0 Å². The van der Waals surface area contributed by atoms with Crippen molar-refractivity contribution in [2.24, 2.45) is 0 Å². The van der Waals surface area contributed by atoms with E-state index in [1.54, 1.807) is 11.3 Å². The van der Waals surface area contributed by atoms with Crippen LogP contribution >= 0.6 is 11.3 Å². The summed E-state index contributed by atoms with van der Waals surface area (Å²) in [6.07, 6.45) is 7.31. The molecule has 0 radical (unpaired) electrons. The van der Waals surface area contributed by atoms with Gasteiger partial charge < -0.3 is 5.32 Å². The van der Waals surface area contributed by atoms with Crippen molar-refractivity contribution in [2.75, 3.05) is 6.54 Å². The second-order valence-electron chi connectivity index (χ2n) is 3.45. The molecule has 78 valence electrons. The van der Waals surface area contributed by atoms with Crippen LogP contribution in [-0.2, 0) is 6.54 Å². The summed E-state index contributed by atoms with van der Waals surface area (Å²) < 4.78 is 2.14. The van der Waals surface area contributed by atoms with Crippen LogP contribution in [0.25, 0.3) is 4.96 Å². The van der Waals surface area contributed by atoms with Gasteiger partial charge in [-0.05, 0) is 13.8 Å². The number of hydrogen-bond donors (Lipinski definition) is 1. The minimum Gasteiger partial charge on any atom is -0.301 e. The maximum Gasteiger partial charge on any atom is 0.194 e. The molecule has 0 fully saturated rings. The van der Waals surface area contributed by atoms with Crippen molar-refractivity contribution in [3.63, 3.8) is 0 Å². The largest absolute Gasteiger partial charge is 0.301 e. The molecule has 0 amide bonds. The van der Waals surface area contributed by atoms with Crippen LogP contribution < -0.4 is 5.32 Å². The normalized spacial score (nSPS) is 10.7. The highest BCUT2D eigenvalue weighted by atomic mass is 32.1. The minimum absolute atomic E-state index is 0.593. The number of hydrogen-bond acceptors (Lipinski definition) is 3. The van der Waals surface area contributed by atoms with Gasteiger partial charge in [0, 0.05) is 17.6 Å². The van der Waals surface area contributed by atoms with Gasteiger partial charge in [-0.15, -0.1) is 17.8 Å². The van der Waals surface area contributed by atoms with E-state index in [0.717, 1.165) is 17.2 Å². The van der Waals surface area contributed by atoms with Crippen molar-refractivity contribution in [1.29, 1.82) is 0 Å². The summed E-state index contributed by atoms with van der Waals surface area (Å²) in [6, 6.07) is 0. The van der Waals surface area contributed by atoms with Crippen LogP contribution in [0.1, 0.15) is 16.3 Å². The van der Waals surface area contributed by atoms with Crippen LogP contribution in [0.15, 0.2) is 6.20 Å². The highest BCUT2D eigenvalue weighted by Gasteiger charge is 2.09. The summed E-state index contributed by atoms with van der Waals surface area (Å²) >= 11 is 1.71. The summed E-state index contributed by atoms with van der Waals surface area (Å²) in [4.78, 5) is 6.83. The molecule has 3 nitrogen and oxygen atoms in total. The molecule has 2 heterocycles. The van der Waals surface area contributed by atoms with Crippen LogP contribution in [-0.4, -0.2) is 15.9 Å². The lowest BCUT2D eigenvalue weighted by Crippen LogP contribution is -2.15. The quantitative estimate of drug-likeness (QED) is 0.629. The molecule has 0 aliphatic carbocycles. The number of fused-ring (bicyclic) bond motifs is 1. The first-order chi connectivity index (χ1) is 7.22. The van der Waals surface area contributed by atoms with E-state index in [2.05, 4.69) is 33.7 Å². The molecule has 4 heteroatoms. The number of nitrogens with zero attached hydrogens (tertiary/aromatic N) is 2. The lowest BCUT2D eigenvalue weighted by molar-refractivity contribution is 0.738. The van der Waals surface area contributed by atoms with Gasteiger partial charge in [0.2, 0.25) is 0 Å². The fourth-order valence-corrected chi connectivity index (χ4v) is 2.46. The van der Waals surface area contributed by atoms with Crippen LogP contribution in [0.4, 0.5) is 0 Å². The molecule has 1 N–H and O–H groups in total. The number of nitrogens with one attached hydrogen (secondary N) is 1. The fourth-order valence-electron chi connectivity index (χ4n) is 1.58. The predicted octanol–water partition coefficient (Wildman–Crippen LogP) is 1.74. The number of aryl methyl sites for hydroxylation is 2. The van der Waals surface area contributed by atoms with Crippen LogP contribution in [0.2, 0.25) is 0 Å². The van der Waals surface area contributed by atoms with Gasteiger partial charge in [-0.1, -0.05) is 5.92 Å². The van der Waals surface area contributed by atoms with Gasteiger partial charge in [-0.25, -0.2) is 4.98 Å². The SMILES string of the molecule is C#CCNCc1c(C)nc2sc(C)cn12. The predicted molar refractivity (Wildman–Crippen MR) is 63.1 cm³/mol. The van der Waals surface area contributed by atoms with E-state index in [0.29, 0.717) is 6.54 Å². The molecule has 2 aromatic heterocycles. The molecule has 0 spiro atoms. The maximum atomic E-state index is 5.19. The first-order valence-corrected chi connectivity index (χ1v) is 5.62. The van der Waals surface area contributed by atoms with Crippen molar-refractivity contribution in [1.82, 2.24) is 14.7 Å². The molecule has 0 aliphatic rings. The molecule has 0 atom stereocenters. The van der Waals surface area contributed by atoms with E-state index < -0.39 is 0 Å². The first kappa shape index (κ1) is 10.2. The average molecular weight is 219 g/mol. The lowest BCUT2D eigenvalue weighted by atomic mass is 10.3. The fraction of sp³-hybridized carbons (Fsp3) is 0.364. The molecule has 0 aromatic carbocycles. The number of aromatic nitrogens is 2. The van der Waals surface area contributed by atoms with Gasteiger partial charge in [0.05, 0.1) is 17.9 Å². The Labute approximate surface area is 93.1 Å². The molecule has 0 bridgehead atoms. The molecule has 2 rings (SSSR count). The topological polar surface area (TPSA) is 29.3 Å². The molecular weight excluding hydrogens is 206 g/mol. The molecule has 0 saturated heterocycles. The number of imidazole rings is 1. The molecule has 0 aliphatic heterocycles. The van der Waals surface area contributed by atoms with E-state index >= 15 is 0 Å². The Kier molecular flexibility index (Phi) is 2.76. The zero-order chi connectivity index (χ0) is 10.8. The van der Waals surface area contributed by atoms with E-state index in [9.17, 15) is 0 Å². The summed E-state index contributed by atoms with van der Waals surface area (Å²) in [6.45, 7) is 5.48. The summed E-state index contributed by atoms with van der Waals surface area (Å²) in [5.41, 5.74) is 2.27. The first-order valence-electron chi connectivity index (χ1n) is 4.80. The lowest BCUT2D eigenvalue weighted by Gasteiger charge is -2.00. The maximum absolute atomic E-state index is 5.19. The van der Waals surface area contributed by atoms with Crippen molar-refractivity contribution in [3.8, 4) is 12.3 Å². The summed E-state index contributed by atoms with van der Waals surface area (Å²) in [5.74, 6) is 2.56. The van der Waals surface area contributed by atoms with E-state index in [-0.39, 0.29) is 0 Å². The van der Waals surface area contributed by atoms with E-state index in [1.165, 1.54) is 10.6 Å². The van der Waals surface area contributed by atoms with Gasteiger partial charge in [0.15, 0.2) is 4.96 Å². The monoisotopic (exact) mass is 219 g/mol. The smallest absolute Gasteiger partial charge is 0.194 e. The number of terminal acetylenes is 1. The van der Waals surface area contributed by atoms with Gasteiger partial charge in [0.1, 0.15) is 0 Å². The second kappa shape index (κ2) is 4.05. The molecule has 0 unspecified atom stereocenters. The Bertz CT molecular complexity index is 516. The van der Waals surface area contributed by atoms with Gasteiger partial charge in [-0.2, -0.15) is 0 Å². The second-order valence-corrected chi connectivity index (χ2v) is 4.66. The van der Waals surface area contributed by atoms with Crippen molar-refractivity contribution in [2.45, 2.75) is 20.4 Å². The third kappa shape index (κ3) is 1.89. The molecule has 2 aromatic rings. The zero-order valence-electron chi connectivity index (χ0n) is 8.87. The van der Waals surface area contributed by atoms with E-state index in [1.807, 2.05) is 6.92 Å². The Balaban J connectivity index is 2.31. The van der Waals surface area contributed by atoms with Crippen molar-refractivity contribution in [3.05, 3.63) is 22.5 Å². The van der Waals surface area contributed by atoms with Crippen LogP contribution in [0.5, 0.6) is 0 Å². The Morgan fingerprint density at radius 1 is 1.60 bits per heavy atom. The number of rotatable bonds is 3. The Hall–Kier alpha value is -1.31. The number of thiazole rings is 1. The minimum atomic E-state index is 0.593. The third-order valence-electron chi connectivity index (χ3n) is 2.26. The highest BCUT2D eigenvalue weighted by Crippen LogP contribution is 2.20. The highest BCUT2D eigenvalue weighted by molar-refractivity contribution is 7.17. The molecule has 15 heavy (non-hydrogen) atoms. The van der Waals surface area contributed by atoms with Crippen molar-refractivity contribution < 1.29 is 0 Å². The average Bonchev–Trinajstić information content (AvgIpc) is 2.65. The standard InChI is InChI=1S/C11H13N3S/c1-4-5-12-6-10-9(3)13-11-14(10)7-8(2)15-11/h1,7,12H,5-6H2,2-3H3. The summed E-state index contributed by atoms with van der Waals surface area (Å²) in [7, 11) is 0. The molecular formula is C11H13N3S. The Morgan fingerprint density at radius 3 is 3.13 bits per heavy atom. The molecule has 0 saturated carbocycles. The van der Waals surface area contributed by atoms with E-state index in [4.69, 9.17) is 6.42 Å². The van der Waals surface area contributed by atoms with Gasteiger partial charge >= 0.3 is 0 Å². The van der Waals surface area contributed by atoms with Crippen LogP contribution in [0, 0.1) is 26.2 Å². The summed E-state index contributed by atoms with van der Waals surface area (Å²) in [5, 5.41) is 3.19. The van der Waals surface area contributed by atoms with Crippen LogP contribution in [0.3, 0.4) is 0 Å². The Morgan fingerprint density at radius 2 is 2.40 bits per heavy atom.